The van der Waals surface area contributed by atoms with Crippen LogP contribution in [-0.4, -0.2) is 84.8 Å². The number of phenols is 4. The monoisotopic (exact) mass is 570 g/mol. The van der Waals surface area contributed by atoms with E-state index in [-0.39, 0.29) is 29.3 Å². The van der Waals surface area contributed by atoms with Crippen LogP contribution in [0.1, 0.15) is 38.8 Å². The van der Waals surface area contributed by atoms with Gasteiger partial charge >= 0.3 is 5.97 Å². The first-order chi connectivity index (χ1) is 19.6. The first-order valence-corrected chi connectivity index (χ1v) is 12.4. The fourth-order valence-electron chi connectivity index (χ4n) is 4.67. The van der Waals surface area contributed by atoms with Crippen molar-refractivity contribution in [3.8, 4) is 34.5 Å². The molecule has 1 saturated heterocycles. The number of hydrogen-bond acceptors (Lipinski definition) is 13. The Morgan fingerprint density at radius 2 is 1.61 bits per heavy atom. The lowest BCUT2D eigenvalue weighted by Gasteiger charge is -2.41. The van der Waals surface area contributed by atoms with Crippen LogP contribution < -0.4 is 9.47 Å². The first kappa shape index (κ1) is 28.0. The van der Waals surface area contributed by atoms with Gasteiger partial charge in [-0.25, -0.2) is 4.79 Å². The van der Waals surface area contributed by atoms with Crippen LogP contribution in [0.5, 0.6) is 34.5 Å². The molecular weight excluding hydrogens is 544 g/mol. The van der Waals surface area contributed by atoms with Crippen molar-refractivity contribution in [1.82, 2.24) is 0 Å². The van der Waals surface area contributed by atoms with Crippen LogP contribution in [0.15, 0.2) is 54.6 Å². The van der Waals surface area contributed by atoms with Crippen LogP contribution in [0, 0.1) is 0 Å². The van der Waals surface area contributed by atoms with Gasteiger partial charge < -0.3 is 54.7 Å². The number of fused-ring (bicyclic) bond motifs is 1. The quantitative estimate of drug-likeness (QED) is 0.164. The normalized spacial score (nSPS) is 25.6. The van der Waals surface area contributed by atoms with Crippen molar-refractivity contribution in [3.63, 3.8) is 0 Å². The second-order valence-corrected chi connectivity index (χ2v) is 9.52. The molecule has 0 amide bonds. The number of rotatable bonds is 6. The van der Waals surface area contributed by atoms with Crippen molar-refractivity contribution >= 4 is 11.8 Å². The summed E-state index contributed by atoms with van der Waals surface area (Å²) in [6, 6.07) is 13.0. The fourth-order valence-corrected chi connectivity index (χ4v) is 4.67. The number of carbonyl (C=O) groups is 2. The van der Waals surface area contributed by atoms with Gasteiger partial charge in [0.2, 0.25) is 6.29 Å². The number of ether oxygens (including phenoxy) is 4. The van der Waals surface area contributed by atoms with Gasteiger partial charge in [-0.2, -0.15) is 0 Å². The van der Waals surface area contributed by atoms with Crippen molar-refractivity contribution < 1.29 is 64.3 Å². The van der Waals surface area contributed by atoms with Gasteiger partial charge in [-0.15, -0.1) is 0 Å². The molecule has 0 saturated carbocycles. The minimum atomic E-state index is -1.85. The zero-order chi connectivity index (χ0) is 29.4. The number of benzene rings is 3. The molecule has 7 N–H and O–H groups in total. The molecule has 13 heteroatoms. The lowest BCUT2D eigenvalue weighted by atomic mass is 9.95. The molecule has 0 spiro atoms. The summed E-state index contributed by atoms with van der Waals surface area (Å²) in [5.41, 5.74) is 0.268. The number of aliphatic hydroxyl groups is 3. The molecule has 0 radical (unpaired) electrons. The number of hydrogen-bond donors (Lipinski definition) is 7. The highest BCUT2D eigenvalue weighted by atomic mass is 16.7. The van der Waals surface area contributed by atoms with Crippen LogP contribution >= 0.6 is 0 Å². The van der Waals surface area contributed by atoms with Crippen LogP contribution in [0.4, 0.5) is 0 Å². The predicted octanol–water partition coefficient (Wildman–Crippen LogP) is 1.26. The summed E-state index contributed by atoms with van der Waals surface area (Å²) >= 11 is 0. The summed E-state index contributed by atoms with van der Waals surface area (Å²) in [7, 11) is 0. The number of aromatic hydroxyl groups is 4. The smallest absolute Gasteiger partial charge is 0.338 e. The third-order valence-corrected chi connectivity index (χ3v) is 6.77. The summed E-state index contributed by atoms with van der Waals surface area (Å²) in [4.78, 5) is 25.5. The summed E-state index contributed by atoms with van der Waals surface area (Å²) < 4.78 is 22.3. The zero-order valence-corrected chi connectivity index (χ0v) is 21.2. The van der Waals surface area contributed by atoms with Crippen molar-refractivity contribution in [1.29, 1.82) is 0 Å². The number of phenolic OH excluding ortho intramolecular Hbond substituents is 4. The average Bonchev–Trinajstić information content (AvgIpc) is 2.95. The van der Waals surface area contributed by atoms with E-state index in [9.17, 15) is 45.3 Å². The van der Waals surface area contributed by atoms with Gasteiger partial charge in [0.1, 0.15) is 41.1 Å². The number of esters is 1. The number of Topliss-reactive ketones (excluding diaryl/α,β-unsaturated/α-hetero) is 1. The molecule has 0 aliphatic carbocycles. The largest absolute Gasteiger partial charge is 0.507 e. The zero-order valence-electron chi connectivity index (χ0n) is 21.2. The van der Waals surface area contributed by atoms with E-state index in [1.165, 1.54) is 6.07 Å². The van der Waals surface area contributed by atoms with Gasteiger partial charge in [0.15, 0.2) is 35.2 Å². The molecule has 2 aliphatic heterocycles. The van der Waals surface area contributed by atoms with Crippen LogP contribution in [0.2, 0.25) is 0 Å². The van der Waals surface area contributed by atoms with Crippen LogP contribution in [0.3, 0.4) is 0 Å². The maximum absolute atomic E-state index is 12.8. The lowest BCUT2D eigenvalue weighted by Crippen LogP contribution is -2.61. The third-order valence-electron chi connectivity index (χ3n) is 6.77. The Hall–Kier alpha value is -4.56. The Morgan fingerprint density at radius 3 is 2.27 bits per heavy atom. The van der Waals surface area contributed by atoms with E-state index in [2.05, 4.69) is 0 Å². The molecule has 0 aromatic heterocycles. The van der Waals surface area contributed by atoms with Gasteiger partial charge in [0, 0.05) is 12.1 Å². The molecule has 2 aliphatic rings. The topological polar surface area (TPSA) is 213 Å². The van der Waals surface area contributed by atoms with Gasteiger partial charge in [0.25, 0.3) is 0 Å². The minimum absolute atomic E-state index is 0.00504. The number of ketones is 1. The van der Waals surface area contributed by atoms with Crippen LogP contribution in [-0.2, 0) is 9.47 Å². The fraction of sp³-hybridized carbons (Fsp3) is 0.286. The van der Waals surface area contributed by atoms with Crippen molar-refractivity contribution in [2.75, 3.05) is 6.61 Å². The van der Waals surface area contributed by atoms with E-state index in [1.54, 1.807) is 24.3 Å². The van der Waals surface area contributed by atoms with E-state index in [4.69, 9.17) is 18.9 Å². The van der Waals surface area contributed by atoms with Crippen molar-refractivity contribution in [2.45, 2.75) is 43.2 Å². The van der Waals surface area contributed by atoms with E-state index in [0.717, 1.165) is 23.8 Å². The maximum Gasteiger partial charge on any atom is 0.338 e. The maximum atomic E-state index is 12.8. The Morgan fingerprint density at radius 1 is 0.927 bits per heavy atom. The molecule has 1 unspecified atom stereocenters. The molecule has 3 aromatic rings. The van der Waals surface area contributed by atoms with E-state index in [0.29, 0.717) is 0 Å². The summed E-state index contributed by atoms with van der Waals surface area (Å²) in [5.74, 6) is -4.61. The predicted molar refractivity (Wildman–Crippen MR) is 136 cm³/mol. The Bertz CT molecular complexity index is 1430. The molecule has 41 heavy (non-hydrogen) atoms. The molecular formula is C28H26O13. The highest BCUT2D eigenvalue weighted by molar-refractivity contribution is 6.02. The molecule has 0 bridgehead atoms. The molecule has 1 fully saturated rings. The van der Waals surface area contributed by atoms with Gasteiger partial charge in [-0.3, -0.25) is 4.79 Å². The molecule has 13 nitrogen and oxygen atoms in total. The molecule has 3 aromatic carbocycles. The van der Waals surface area contributed by atoms with Crippen molar-refractivity contribution in [3.05, 3.63) is 71.3 Å². The number of carbonyl (C=O) groups excluding carboxylic acids is 2. The summed E-state index contributed by atoms with van der Waals surface area (Å²) in [6.45, 7) is -0.769. The Labute approximate surface area is 232 Å². The van der Waals surface area contributed by atoms with E-state index < -0.39 is 77.9 Å². The molecule has 2 heterocycles. The Kier molecular flexibility index (Phi) is 7.60. The van der Waals surface area contributed by atoms with Crippen LogP contribution in [0.25, 0.3) is 0 Å². The third kappa shape index (κ3) is 5.43. The van der Waals surface area contributed by atoms with E-state index in [1.807, 2.05) is 6.07 Å². The van der Waals surface area contributed by atoms with Gasteiger partial charge in [-0.05, 0) is 17.7 Å². The average molecular weight is 571 g/mol. The minimum Gasteiger partial charge on any atom is -0.507 e. The standard InChI is InChI=1S/C28H26O13/c29-11-21-24(35)26(41-27(37)13-6-17(32)23(34)18(33)7-13)25(36)28(40-21)38-14-8-15(30)22-16(31)10-19(39-20(22)9-14)12-4-2-1-3-5-12/h1-9,19,21,24-26,28-30,32-36H,10-11H2/t19?,21-,24-,25-,26+,28-/m1/s1. The van der Waals surface area contributed by atoms with Crippen molar-refractivity contribution in [2.24, 2.45) is 0 Å². The molecule has 6 atom stereocenters. The summed E-state index contributed by atoms with van der Waals surface area (Å²) in [6.07, 6.45) is -9.00. The summed E-state index contributed by atoms with van der Waals surface area (Å²) in [5, 5.41) is 70.7. The SMILES string of the molecule is O=C(O[C@@H]1[C@@H](O)[C@H](Oc2cc(O)c3c(c2)OC(c2ccccc2)CC3=O)O[C@H](CO)[C@H]1O)c1cc(O)c(O)c(O)c1. The first-order valence-electron chi connectivity index (χ1n) is 12.4. The molecule has 5 rings (SSSR count). The second-order valence-electron chi connectivity index (χ2n) is 9.52. The highest BCUT2D eigenvalue weighted by Gasteiger charge is 2.48. The number of aliphatic hydroxyl groups excluding tert-OH is 3. The van der Waals surface area contributed by atoms with Gasteiger partial charge in [0.05, 0.1) is 18.6 Å². The van der Waals surface area contributed by atoms with E-state index >= 15 is 0 Å². The molecule has 216 valence electrons. The van der Waals surface area contributed by atoms with Gasteiger partial charge in [-0.1, -0.05) is 30.3 Å². The second kappa shape index (κ2) is 11.1. The lowest BCUT2D eigenvalue weighted by molar-refractivity contribution is -0.276. The highest BCUT2D eigenvalue weighted by Crippen LogP contribution is 2.42. The Balaban J connectivity index is 1.38.